The molecule has 1 fully saturated rings. The van der Waals surface area contributed by atoms with Gasteiger partial charge in [-0.2, -0.15) is 0 Å². The molecular weight excluding hydrogens is 268 g/mol. The van der Waals surface area contributed by atoms with Gasteiger partial charge in [-0.1, -0.05) is 18.2 Å². The third-order valence-electron chi connectivity index (χ3n) is 4.03. The molecule has 2 atom stereocenters. The van der Waals surface area contributed by atoms with Crippen molar-refractivity contribution in [2.75, 3.05) is 19.7 Å². The minimum Gasteiger partial charge on any atom is -0.388 e. The van der Waals surface area contributed by atoms with Gasteiger partial charge in [-0.3, -0.25) is 4.79 Å². The van der Waals surface area contributed by atoms with E-state index in [0.717, 1.165) is 10.9 Å². The number of β-amino-alcohol motifs (C(OH)–C–C–N with tert-alkyl or cyclic N) is 1. The van der Waals surface area contributed by atoms with Crippen molar-refractivity contribution in [1.29, 1.82) is 0 Å². The van der Waals surface area contributed by atoms with Gasteiger partial charge in [0.25, 0.3) is 5.91 Å². The molecule has 0 bridgehead atoms. The quantitative estimate of drug-likeness (QED) is 0.929. The van der Waals surface area contributed by atoms with Gasteiger partial charge < -0.3 is 19.3 Å². The van der Waals surface area contributed by atoms with Crippen LogP contribution in [0.25, 0.3) is 10.9 Å². The number of nitrogens with zero attached hydrogens (tertiary/aromatic N) is 2. The van der Waals surface area contributed by atoms with Crippen LogP contribution in [0.4, 0.5) is 0 Å². The number of likely N-dealkylation sites (tertiary alicyclic amines) is 1. The normalized spacial score (nSPS) is 22.1. The number of hydrogen-bond acceptors (Lipinski definition) is 3. The maximum absolute atomic E-state index is 12.7. The lowest BCUT2D eigenvalue weighted by molar-refractivity contribution is -0.00237. The van der Waals surface area contributed by atoms with Gasteiger partial charge in [0.15, 0.2) is 0 Å². The van der Waals surface area contributed by atoms with Crippen LogP contribution in [0.3, 0.4) is 0 Å². The average Bonchev–Trinajstić information content (AvgIpc) is 3.01. The standard InChI is InChI=1S/C16H20N2O3/c1-3-21-15-10-18(9-14(15)19)16(20)12-8-17(2)13-7-5-4-6-11(12)13/h4-8,14-15,19H,3,9-10H2,1-2H3/t14-,15-/m0/s1. The Balaban J connectivity index is 1.88. The maximum Gasteiger partial charge on any atom is 0.256 e. The Labute approximate surface area is 123 Å². The highest BCUT2D eigenvalue weighted by molar-refractivity contribution is 6.07. The summed E-state index contributed by atoms with van der Waals surface area (Å²) >= 11 is 0. The van der Waals surface area contributed by atoms with E-state index in [1.807, 2.05) is 49.0 Å². The van der Waals surface area contributed by atoms with E-state index in [1.165, 1.54) is 0 Å². The Morgan fingerprint density at radius 2 is 2.14 bits per heavy atom. The van der Waals surface area contributed by atoms with Gasteiger partial charge in [-0.25, -0.2) is 0 Å². The van der Waals surface area contributed by atoms with E-state index in [1.54, 1.807) is 4.90 Å². The number of aryl methyl sites for hydroxylation is 1. The highest BCUT2D eigenvalue weighted by Crippen LogP contribution is 2.24. The van der Waals surface area contributed by atoms with E-state index in [2.05, 4.69) is 0 Å². The first-order valence-electron chi connectivity index (χ1n) is 7.24. The van der Waals surface area contributed by atoms with Gasteiger partial charge in [-0.15, -0.1) is 0 Å². The molecule has 112 valence electrons. The molecule has 1 aliphatic rings. The number of para-hydroxylation sites is 1. The van der Waals surface area contributed by atoms with Crippen molar-refractivity contribution in [2.45, 2.75) is 19.1 Å². The lowest BCUT2D eigenvalue weighted by atomic mass is 10.1. The Hall–Kier alpha value is -1.85. The predicted molar refractivity (Wildman–Crippen MR) is 80.2 cm³/mol. The highest BCUT2D eigenvalue weighted by atomic mass is 16.5. The highest BCUT2D eigenvalue weighted by Gasteiger charge is 2.35. The summed E-state index contributed by atoms with van der Waals surface area (Å²) in [5, 5.41) is 10.9. The molecule has 1 saturated heterocycles. The van der Waals surface area contributed by atoms with Crippen molar-refractivity contribution in [3.8, 4) is 0 Å². The molecule has 0 aliphatic carbocycles. The zero-order valence-electron chi connectivity index (χ0n) is 12.3. The molecule has 0 radical (unpaired) electrons. The molecule has 3 rings (SSSR count). The molecule has 5 heteroatoms. The molecule has 1 amide bonds. The Bertz CT molecular complexity index is 665. The number of hydrogen-bond donors (Lipinski definition) is 1. The van der Waals surface area contributed by atoms with Gasteiger partial charge in [0.2, 0.25) is 0 Å². The SMILES string of the molecule is CCO[C@H]1CN(C(=O)c2cn(C)c3ccccc23)C[C@@H]1O. The number of aromatic nitrogens is 1. The van der Waals surface area contributed by atoms with Crippen LogP contribution in [-0.4, -0.2) is 52.4 Å². The maximum atomic E-state index is 12.7. The largest absolute Gasteiger partial charge is 0.388 e. The molecule has 1 N–H and O–H groups in total. The van der Waals surface area contributed by atoms with Crippen LogP contribution in [0.15, 0.2) is 30.5 Å². The monoisotopic (exact) mass is 288 g/mol. The lowest BCUT2D eigenvalue weighted by Crippen LogP contribution is -2.30. The molecule has 2 aromatic rings. The number of aliphatic hydroxyl groups excluding tert-OH is 1. The zero-order valence-corrected chi connectivity index (χ0v) is 12.3. The van der Waals surface area contributed by atoms with Gasteiger partial charge in [-0.05, 0) is 13.0 Å². The van der Waals surface area contributed by atoms with Crippen LogP contribution < -0.4 is 0 Å². The number of rotatable bonds is 3. The summed E-state index contributed by atoms with van der Waals surface area (Å²) in [6, 6.07) is 7.84. The molecule has 0 spiro atoms. The van der Waals surface area contributed by atoms with E-state index in [0.29, 0.717) is 25.3 Å². The van der Waals surface area contributed by atoms with Crippen LogP contribution >= 0.6 is 0 Å². The Morgan fingerprint density at radius 3 is 2.90 bits per heavy atom. The number of carbonyl (C=O) groups excluding carboxylic acids is 1. The van der Waals surface area contributed by atoms with E-state index < -0.39 is 6.10 Å². The van der Waals surface area contributed by atoms with Crippen molar-refractivity contribution >= 4 is 16.8 Å². The fourth-order valence-electron chi connectivity index (χ4n) is 2.98. The average molecular weight is 288 g/mol. The van der Waals surface area contributed by atoms with E-state index >= 15 is 0 Å². The van der Waals surface area contributed by atoms with Gasteiger partial charge in [0.1, 0.15) is 6.10 Å². The molecule has 2 heterocycles. The molecule has 5 nitrogen and oxygen atoms in total. The molecule has 0 unspecified atom stereocenters. The fraction of sp³-hybridized carbons (Fsp3) is 0.438. The Morgan fingerprint density at radius 1 is 1.38 bits per heavy atom. The summed E-state index contributed by atoms with van der Waals surface area (Å²) in [5.41, 5.74) is 1.71. The smallest absolute Gasteiger partial charge is 0.256 e. The summed E-state index contributed by atoms with van der Waals surface area (Å²) in [6.07, 6.45) is 0.964. The molecular formula is C16H20N2O3. The summed E-state index contributed by atoms with van der Waals surface area (Å²) in [7, 11) is 1.93. The number of amides is 1. The first kappa shape index (κ1) is 14.1. The minimum atomic E-state index is -0.608. The first-order chi connectivity index (χ1) is 10.1. The number of benzene rings is 1. The molecule has 0 saturated carbocycles. The molecule has 1 aromatic carbocycles. The van der Waals surface area contributed by atoms with Crippen LogP contribution in [0.2, 0.25) is 0 Å². The number of fused-ring (bicyclic) bond motifs is 1. The summed E-state index contributed by atoms with van der Waals surface area (Å²) in [5.74, 6) is -0.0481. The van der Waals surface area contributed by atoms with Crippen molar-refractivity contribution < 1.29 is 14.6 Å². The first-order valence-corrected chi connectivity index (χ1v) is 7.24. The van der Waals surface area contributed by atoms with E-state index in [9.17, 15) is 9.90 Å². The molecule has 1 aliphatic heterocycles. The molecule has 1 aromatic heterocycles. The second kappa shape index (κ2) is 5.50. The van der Waals surface area contributed by atoms with Crippen molar-refractivity contribution in [2.24, 2.45) is 7.05 Å². The van der Waals surface area contributed by atoms with Crippen molar-refractivity contribution in [1.82, 2.24) is 9.47 Å². The van der Waals surface area contributed by atoms with Crippen LogP contribution in [-0.2, 0) is 11.8 Å². The lowest BCUT2D eigenvalue weighted by Gasteiger charge is -2.15. The third kappa shape index (κ3) is 2.43. The van der Waals surface area contributed by atoms with Crippen molar-refractivity contribution in [3.05, 3.63) is 36.0 Å². The van der Waals surface area contributed by atoms with Crippen LogP contribution in [0, 0.1) is 0 Å². The second-order valence-corrected chi connectivity index (χ2v) is 5.44. The topological polar surface area (TPSA) is 54.7 Å². The zero-order chi connectivity index (χ0) is 15.0. The van der Waals surface area contributed by atoms with Crippen LogP contribution in [0.5, 0.6) is 0 Å². The summed E-state index contributed by atoms with van der Waals surface area (Å²) < 4.78 is 7.43. The fourth-order valence-corrected chi connectivity index (χ4v) is 2.98. The van der Waals surface area contributed by atoms with Crippen molar-refractivity contribution in [3.63, 3.8) is 0 Å². The number of carbonyl (C=O) groups is 1. The Kier molecular flexibility index (Phi) is 3.69. The van der Waals surface area contributed by atoms with E-state index in [-0.39, 0.29) is 12.0 Å². The van der Waals surface area contributed by atoms with E-state index in [4.69, 9.17) is 4.74 Å². The number of aliphatic hydroxyl groups is 1. The van der Waals surface area contributed by atoms with Crippen LogP contribution in [0.1, 0.15) is 17.3 Å². The van der Waals surface area contributed by atoms with Gasteiger partial charge >= 0.3 is 0 Å². The molecule has 21 heavy (non-hydrogen) atoms. The number of ether oxygens (including phenoxy) is 1. The summed E-state index contributed by atoms with van der Waals surface area (Å²) in [4.78, 5) is 14.4. The predicted octanol–water partition coefficient (Wildman–Crippen LogP) is 1.40. The third-order valence-corrected chi connectivity index (χ3v) is 4.03. The second-order valence-electron chi connectivity index (χ2n) is 5.44. The van der Waals surface area contributed by atoms with Gasteiger partial charge in [0, 0.05) is 43.8 Å². The van der Waals surface area contributed by atoms with Gasteiger partial charge in [0.05, 0.1) is 11.7 Å². The summed E-state index contributed by atoms with van der Waals surface area (Å²) in [6.45, 7) is 3.20. The minimum absolute atomic E-state index is 0.0481.